The van der Waals surface area contributed by atoms with E-state index in [4.69, 9.17) is 5.73 Å². The average Bonchev–Trinajstić information content (AvgIpc) is 2.92. The number of primary amides is 1. The molecule has 1 unspecified atom stereocenters. The first-order valence-electron chi connectivity index (χ1n) is 8.82. The molecule has 7 heteroatoms. The van der Waals surface area contributed by atoms with E-state index in [1.54, 1.807) is 17.2 Å². The molecular weight excluding hydrogens is 398 g/mol. The fourth-order valence-electron chi connectivity index (χ4n) is 4.15. The molecule has 26 heavy (non-hydrogen) atoms. The van der Waals surface area contributed by atoms with E-state index < -0.39 is 0 Å². The minimum Gasteiger partial charge on any atom is -0.369 e. The van der Waals surface area contributed by atoms with Gasteiger partial charge in [-0.1, -0.05) is 15.9 Å². The summed E-state index contributed by atoms with van der Waals surface area (Å²) in [5.41, 5.74) is 7.38. The zero-order valence-corrected chi connectivity index (χ0v) is 16.1. The summed E-state index contributed by atoms with van der Waals surface area (Å²) < 4.78 is 2.90. The molecule has 2 amide bonds. The number of rotatable bonds is 2. The topological polar surface area (TPSA) is 85.4 Å². The van der Waals surface area contributed by atoms with Crippen molar-refractivity contribution in [2.45, 2.75) is 32.2 Å². The van der Waals surface area contributed by atoms with Gasteiger partial charge < -0.3 is 15.2 Å². The number of hydrogen-bond acceptors (Lipinski definition) is 3. The average molecular weight is 418 g/mol. The van der Waals surface area contributed by atoms with Gasteiger partial charge in [0.05, 0.1) is 5.52 Å². The van der Waals surface area contributed by atoms with E-state index in [0.717, 1.165) is 22.0 Å². The lowest BCUT2D eigenvalue weighted by atomic mass is 9.96. The number of likely N-dealkylation sites (tertiary alicyclic amines) is 1. The van der Waals surface area contributed by atoms with Crippen LogP contribution in [0.1, 0.15) is 41.7 Å². The summed E-state index contributed by atoms with van der Waals surface area (Å²) in [6, 6.07) is 4.04. The van der Waals surface area contributed by atoms with Crippen molar-refractivity contribution in [1.29, 1.82) is 0 Å². The van der Waals surface area contributed by atoms with E-state index in [1.807, 2.05) is 10.6 Å². The molecular formula is C19H20BrN3O3. The van der Waals surface area contributed by atoms with Crippen LogP contribution in [0.5, 0.6) is 0 Å². The smallest absolute Gasteiger partial charge is 0.259 e. The summed E-state index contributed by atoms with van der Waals surface area (Å²) >= 11 is 3.47. The number of pyridine rings is 1. The molecule has 2 N–H and O–H groups in total. The van der Waals surface area contributed by atoms with Crippen LogP contribution in [-0.4, -0.2) is 34.4 Å². The van der Waals surface area contributed by atoms with Crippen molar-refractivity contribution in [1.82, 2.24) is 9.47 Å². The van der Waals surface area contributed by atoms with Gasteiger partial charge in [-0.2, -0.15) is 0 Å². The van der Waals surface area contributed by atoms with E-state index in [0.29, 0.717) is 31.3 Å². The molecule has 1 aromatic carbocycles. The molecule has 0 bridgehead atoms. The van der Waals surface area contributed by atoms with Crippen LogP contribution in [-0.2, 0) is 11.2 Å². The highest BCUT2D eigenvalue weighted by atomic mass is 79.9. The van der Waals surface area contributed by atoms with Crippen molar-refractivity contribution in [3.05, 3.63) is 44.2 Å². The highest BCUT2D eigenvalue weighted by molar-refractivity contribution is 9.10. The Hall–Kier alpha value is -2.15. The predicted molar refractivity (Wildman–Crippen MR) is 102 cm³/mol. The molecule has 136 valence electrons. The first kappa shape index (κ1) is 17.3. The molecule has 1 saturated heterocycles. The number of nitrogens with two attached hydrogens (primary N) is 1. The Bertz CT molecular complexity index is 990. The van der Waals surface area contributed by atoms with Crippen LogP contribution < -0.4 is 11.2 Å². The molecule has 1 fully saturated rings. The third-order valence-electron chi connectivity index (χ3n) is 5.57. The van der Waals surface area contributed by atoms with Gasteiger partial charge in [0.15, 0.2) is 0 Å². The van der Waals surface area contributed by atoms with E-state index in [2.05, 4.69) is 22.9 Å². The van der Waals surface area contributed by atoms with Gasteiger partial charge in [-0.05, 0) is 43.9 Å². The van der Waals surface area contributed by atoms with Gasteiger partial charge in [0.2, 0.25) is 11.3 Å². The molecule has 0 radical (unpaired) electrons. The van der Waals surface area contributed by atoms with Crippen molar-refractivity contribution >= 4 is 38.6 Å². The van der Waals surface area contributed by atoms with Crippen LogP contribution in [0.3, 0.4) is 0 Å². The van der Waals surface area contributed by atoms with E-state index >= 15 is 0 Å². The maximum atomic E-state index is 13.0. The second-order valence-electron chi connectivity index (χ2n) is 7.26. The third kappa shape index (κ3) is 2.65. The van der Waals surface area contributed by atoms with Crippen LogP contribution in [0, 0.1) is 5.92 Å². The number of halogens is 1. The van der Waals surface area contributed by atoms with E-state index in [-0.39, 0.29) is 34.8 Å². The van der Waals surface area contributed by atoms with Gasteiger partial charge in [-0.3, -0.25) is 14.4 Å². The highest BCUT2D eigenvalue weighted by Crippen LogP contribution is 2.33. The Morgan fingerprint density at radius 1 is 1.23 bits per heavy atom. The number of hydrogen-bond donors (Lipinski definition) is 1. The van der Waals surface area contributed by atoms with Crippen LogP contribution in [0.2, 0.25) is 0 Å². The predicted octanol–water partition coefficient (Wildman–Crippen LogP) is 2.22. The highest BCUT2D eigenvalue weighted by Gasteiger charge is 2.30. The monoisotopic (exact) mass is 417 g/mol. The maximum Gasteiger partial charge on any atom is 0.259 e. The molecule has 4 rings (SSSR count). The standard InChI is InChI=1S/C19H20BrN3O3/c1-10-6-12-7-13(20)8-14-16(12)23(10)9-15(17(14)24)19(26)22-4-2-11(3-5-22)18(21)25/h7-11H,2-6H2,1H3,(H2,21,25). The Balaban J connectivity index is 1.75. The Morgan fingerprint density at radius 2 is 1.92 bits per heavy atom. The van der Waals surface area contributed by atoms with Crippen LogP contribution in [0.4, 0.5) is 0 Å². The van der Waals surface area contributed by atoms with Crippen molar-refractivity contribution in [3.63, 3.8) is 0 Å². The molecule has 0 saturated carbocycles. The fourth-order valence-corrected chi connectivity index (χ4v) is 4.66. The van der Waals surface area contributed by atoms with E-state index in [1.165, 1.54) is 0 Å². The minimum atomic E-state index is -0.317. The first-order chi connectivity index (χ1) is 12.4. The summed E-state index contributed by atoms with van der Waals surface area (Å²) in [5.74, 6) is -0.764. The molecule has 0 aliphatic carbocycles. The second-order valence-corrected chi connectivity index (χ2v) is 8.18. The van der Waals surface area contributed by atoms with Gasteiger partial charge in [0.1, 0.15) is 5.56 Å². The third-order valence-corrected chi connectivity index (χ3v) is 6.03. The Kier molecular flexibility index (Phi) is 4.14. The van der Waals surface area contributed by atoms with Crippen molar-refractivity contribution in [2.75, 3.05) is 13.1 Å². The fraction of sp³-hybridized carbons (Fsp3) is 0.421. The first-order valence-corrected chi connectivity index (χ1v) is 9.62. The van der Waals surface area contributed by atoms with E-state index in [9.17, 15) is 14.4 Å². The maximum absolute atomic E-state index is 13.0. The van der Waals surface area contributed by atoms with Gasteiger partial charge in [0.25, 0.3) is 5.91 Å². The Morgan fingerprint density at radius 3 is 2.58 bits per heavy atom. The Labute approximate surface area is 159 Å². The van der Waals surface area contributed by atoms with Gasteiger partial charge >= 0.3 is 0 Å². The number of carbonyl (C=O) groups is 2. The molecule has 0 spiro atoms. The molecule has 2 aromatic rings. The number of aromatic nitrogens is 1. The van der Waals surface area contributed by atoms with Crippen molar-refractivity contribution in [3.8, 4) is 0 Å². The summed E-state index contributed by atoms with van der Waals surface area (Å²) in [7, 11) is 0. The summed E-state index contributed by atoms with van der Waals surface area (Å²) in [6.07, 6.45) is 3.66. The SMILES string of the molecule is CC1Cc2cc(Br)cc3c(=O)c(C(=O)N4CCC(C(N)=O)CC4)cn1c23. The van der Waals surface area contributed by atoms with Gasteiger partial charge in [0, 0.05) is 41.1 Å². The summed E-state index contributed by atoms with van der Waals surface area (Å²) in [4.78, 5) is 39.0. The zero-order valence-electron chi connectivity index (χ0n) is 14.5. The lowest BCUT2D eigenvalue weighted by molar-refractivity contribution is -0.123. The van der Waals surface area contributed by atoms with Crippen LogP contribution in [0.25, 0.3) is 10.9 Å². The van der Waals surface area contributed by atoms with Gasteiger partial charge in [-0.25, -0.2) is 0 Å². The molecule has 2 aliphatic heterocycles. The van der Waals surface area contributed by atoms with Crippen LogP contribution >= 0.6 is 15.9 Å². The summed E-state index contributed by atoms with van der Waals surface area (Å²) in [5, 5.41) is 0.580. The quantitative estimate of drug-likeness (QED) is 0.812. The second kappa shape index (κ2) is 6.23. The number of amides is 2. The number of carbonyl (C=O) groups excluding carboxylic acids is 2. The minimum absolute atomic E-state index is 0.187. The summed E-state index contributed by atoms with van der Waals surface area (Å²) in [6.45, 7) is 2.98. The normalized spacial score (nSPS) is 19.9. The van der Waals surface area contributed by atoms with Crippen molar-refractivity contribution < 1.29 is 9.59 Å². The zero-order chi connectivity index (χ0) is 18.6. The lowest BCUT2D eigenvalue weighted by Gasteiger charge is -2.30. The van der Waals surface area contributed by atoms with Crippen molar-refractivity contribution in [2.24, 2.45) is 11.7 Å². The lowest BCUT2D eigenvalue weighted by Crippen LogP contribution is -2.43. The molecule has 1 atom stereocenters. The molecule has 3 heterocycles. The number of piperidine rings is 1. The number of nitrogens with zero attached hydrogens (tertiary/aromatic N) is 2. The van der Waals surface area contributed by atoms with Crippen LogP contribution in [0.15, 0.2) is 27.6 Å². The number of benzene rings is 1. The molecule has 6 nitrogen and oxygen atoms in total. The largest absolute Gasteiger partial charge is 0.369 e. The molecule has 1 aromatic heterocycles. The van der Waals surface area contributed by atoms with Gasteiger partial charge in [-0.15, -0.1) is 0 Å². The molecule has 2 aliphatic rings.